The van der Waals surface area contributed by atoms with Gasteiger partial charge in [-0.3, -0.25) is 0 Å². The Bertz CT molecular complexity index is 1220. The van der Waals surface area contributed by atoms with E-state index in [1.807, 2.05) is 42.5 Å². The third-order valence-corrected chi connectivity index (χ3v) is 6.65. The molecule has 0 amide bonds. The van der Waals surface area contributed by atoms with Gasteiger partial charge in [0.25, 0.3) is 0 Å². The first-order chi connectivity index (χ1) is 15.1. The number of rotatable bonds is 8. The first kappa shape index (κ1) is 21.2. The summed E-state index contributed by atoms with van der Waals surface area (Å²) in [7, 11) is 0. The zero-order valence-electron chi connectivity index (χ0n) is 16.5. The summed E-state index contributed by atoms with van der Waals surface area (Å²) in [6.07, 6.45) is 5.39. The van der Waals surface area contributed by atoms with Crippen LogP contribution in [0.4, 0.5) is 16.0 Å². The van der Waals surface area contributed by atoms with Gasteiger partial charge in [-0.25, -0.2) is 9.97 Å². The molecule has 0 unspecified atom stereocenters. The molecular formula is C24H19BrN4S2. The van der Waals surface area contributed by atoms with Gasteiger partial charge in [0.05, 0.1) is 15.2 Å². The van der Waals surface area contributed by atoms with Crippen molar-refractivity contribution in [2.45, 2.75) is 0 Å². The van der Waals surface area contributed by atoms with Gasteiger partial charge in [-0.1, -0.05) is 79.1 Å². The maximum absolute atomic E-state index is 4.71. The SMILES string of the molecule is C=C/C=C\C(=C)Nc1nc(-c2ccc(-c3csc(Nc4ccccc4)n3)cc2)c(Br)s1. The predicted molar refractivity (Wildman–Crippen MR) is 138 cm³/mol. The van der Waals surface area contributed by atoms with Gasteiger partial charge in [0.15, 0.2) is 10.3 Å². The van der Waals surface area contributed by atoms with Crippen LogP contribution in [0, 0.1) is 0 Å². The number of allylic oxidation sites excluding steroid dienone is 3. The molecular weight excluding hydrogens is 488 g/mol. The quantitative estimate of drug-likeness (QED) is 0.237. The van der Waals surface area contributed by atoms with Crippen molar-refractivity contribution in [3.8, 4) is 22.5 Å². The van der Waals surface area contributed by atoms with E-state index in [-0.39, 0.29) is 0 Å². The molecule has 2 heterocycles. The van der Waals surface area contributed by atoms with E-state index in [2.05, 4.69) is 69.4 Å². The van der Waals surface area contributed by atoms with Gasteiger partial charge in [-0.15, -0.1) is 11.3 Å². The van der Waals surface area contributed by atoms with E-state index in [0.29, 0.717) is 0 Å². The number of thiazole rings is 2. The molecule has 2 aromatic heterocycles. The minimum Gasteiger partial charge on any atom is -0.332 e. The zero-order chi connectivity index (χ0) is 21.6. The standard InChI is InChI=1S/C24H19BrN4S2/c1-3-4-8-16(2)26-24-29-21(22(25)31-24)18-13-11-17(12-14-18)20-15-30-23(28-20)27-19-9-6-5-7-10-19/h3-15H,1-2H2,(H,26,29)(H,27,28)/b8-4-. The summed E-state index contributed by atoms with van der Waals surface area (Å²) in [6.45, 7) is 7.63. The third kappa shape index (κ3) is 5.38. The Hall–Kier alpha value is -3.00. The normalized spacial score (nSPS) is 10.9. The number of hydrogen-bond acceptors (Lipinski definition) is 6. The minimum absolute atomic E-state index is 0.756. The van der Waals surface area contributed by atoms with Crippen LogP contribution in [0.25, 0.3) is 22.5 Å². The number of aromatic nitrogens is 2. The summed E-state index contributed by atoms with van der Waals surface area (Å²) in [6, 6.07) is 18.3. The highest BCUT2D eigenvalue weighted by molar-refractivity contribution is 9.11. The van der Waals surface area contributed by atoms with Crippen LogP contribution in [-0.4, -0.2) is 9.97 Å². The van der Waals surface area contributed by atoms with Crippen LogP contribution in [0.3, 0.4) is 0 Å². The molecule has 0 saturated carbocycles. The maximum atomic E-state index is 4.71. The molecule has 0 aliphatic carbocycles. The number of nitrogens with one attached hydrogen (secondary N) is 2. The van der Waals surface area contributed by atoms with E-state index in [0.717, 1.165) is 47.9 Å². The van der Waals surface area contributed by atoms with E-state index >= 15 is 0 Å². The van der Waals surface area contributed by atoms with Gasteiger partial charge in [-0.05, 0) is 34.1 Å². The van der Waals surface area contributed by atoms with Gasteiger partial charge < -0.3 is 10.6 Å². The van der Waals surface area contributed by atoms with Gasteiger partial charge in [0.2, 0.25) is 0 Å². The second kappa shape index (κ2) is 9.87. The lowest BCUT2D eigenvalue weighted by atomic mass is 10.1. The molecule has 4 aromatic rings. The Morgan fingerprint density at radius 3 is 2.45 bits per heavy atom. The first-order valence-electron chi connectivity index (χ1n) is 9.42. The first-order valence-corrected chi connectivity index (χ1v) is 11.9. The fourth-order valence-electron chi connectivity index (χ4n) is 2.80. The minimum atomic E-state index is 0.756. The van der Waals surface area contributed by atoms with Crippen LogP contribution < -0.4 is 10.6 Å². The van der Waals surface area contributed by atoms with E-state index in [9.17, 15) is 0 Å². The number of halogens is 1. The molecule has 154 valence electrons. The van der Waals surface area contributed by atoms with Crippen molar-refractivity contribution < 1.29 is 0 Å². The number of benzene rings is 2. The van der Waals surface area contributed by atoms with E-state index < -0.39 is 0 Å². The summed E-state index contributed by atoms with van der Waals surface area (Å²) in [5.41, 5.74) is 5.72. The summed E-state index contributed by atoms with van der Waals surface area (Å²) in [5, 5.41) is 10.2. The van der Waals surface area contributed by atoms with Crippen molar-refractivity contribution in [1.29, 1.82) is 0 Å². The second-order valence-corrected chi connectivity index (χ2v) is 9.67. The summed E-state index contributed by atoms with van der Waals surface area (Å²) in [4.78, 5) is 9.41. The molecule has 0 aliphatic rings. The van der Waals surface area contributed by atoms with Crippen LogP contribution in [0.2, 0.25) is 0 Å². The van der Waals surface area contributed by atoms with Crippen LogP contribution in [0.1, 0.15) is 0 Å². The molecule has 4 rings (SSSR count). The molecule has 0 spiro atoms. The second-order valence-electron chi connectivity index (χ2n) is 6.49. The number of nitrogens with zero attached hydrogens (tertiary/aromatic N) is 2. The maximum Gasteiger partial charge on any atom is 0.188 e. The number of para-hydroxylation sites is 1. The Balaban J connectivity index is 1.48. The Labute approximate surface area is 197 Å². The van der Waals surface area contributed by atoms with E-state index in [1.165, 1.54) is 11.3 Å². The topological polar surface area (TPSA) is 49.8 Å². The summed E-state index contributed by atoms with van der Waals surface area (Å²) >= 11 is 6.75. The lowest BCUT2D eigenvalue weighted by molar-refractivity contribution is 1.35. The molecule has 0 radical (unpaired) electrons. The number of anilines is 3. The van der Waals surface area contributed by atoms with Crippen molar-refractivity contribution >= 4 is 54.6 Å². The average molecular weight is 507 g/mol. The van der Waals surface area contributed by atoms with Gasteiger partial charge in [0, 0.05) is 27.9 Å². The molecule has 0 saturated heterocycles. The highest BCUT2D eigenvalue weighted by atomic mass is 79.9. The van der Waals surface area contributed by atoms with Crippen LogP contribution in [-0.2, 0) is 0 Å². The van der Waals surface area contributed by atoms with Crippen LogP contribution >= 0.6 is 38.6 Å². The van der Waals surface area contributed by atoms with Gasteiger partial charge in [-0.2, -0.15) is 0 Å². The molecule has 2 aromatic carbocycles. The highest BCUT2D eigenvalue weighted by Crippen LogP contribution is 2.37. The summed E-state index contributed by atoms with van der Waals surface area (Å²) < 4.78 is 0.964. The van der Waals surface area contributed by atoms with Crippen molar-refractivity contribution in [2.75, 3.05) is 10.6 Å². The Morgan fingerprint density at radius 1 is 0.968 bits per heavy atom. The fraction of sp³-hybridized carbons (Fsp3) is 0. The third-order valence-electron chi connectivity index (χ3n) is 4.27. The Kier molecular flexibility index (Phi) is 6.76. The van der Waals surface area contributed by atoms with Crippen LogP contribution in [0.15, 0.2) is 101 Å². The monoisotopic (exact) mass is 506 g/mol. The highest BCUT2D eigenvalue weighted by Gasteiger charge is 2.12. The number of hydrogen-bond donors (Lipinski definition) is 2. The van der Waals surface area contributed by atoms with Crippen LogP contribution in [0.5, 0.6) is 0 Å². The molecule has 4 nitrogen and oxygen atoms in total. The Morgan fingerprint density at radius 2 is 1.71 bits per heavy atom. The molecule has 0 aliphatic heterocycles. The smallest absolute Gasteiger partial charge is 0.188 e. The molecule has 0 bridgehead atoms. The average Bonchev–Trinajstić information content (AvgIpc) is 3.39. The molecule has 7 heteroatoms. The van der Waals surface area contributed by atoms with Crippen molar-refractivity contribution in [2.24, 2.45) is 0 Å². The van der Waals surface area contributed by atoms with Crippen molar-refractivity contribution in [1.82, 2.24) is 9.97 Å². The fourth-order valence-corrected chi connectivity index (χ4v) is 5.07. The molecule has 0 atom stereocenters. The lowest BCUT2D eigenvalue weighted by Gasteiger charge is -2.02. The largest absolute Gasteiger partial charge is 0.332 e. The molecule has 0 fully saturated rings. The van der Waals surface area contributed by atoms with Gasteiger partial charge in [0.1, 0.15) is 0 Å². The zero-order valence-corrected chi connectivity index (χ0v) is 19.7. The molecule has 31 heavy (non-hydrogen) atoms. The predicted octanol–water partition coefficient (Wildman–Crippen LogP) is 8.11. The van der Waals surface area contributed by atoms with E-state index in [1.54, 1.807) is 17.4 Å². The van der Waals surface area contributed by atoms with E-state index in [4.69, 9.17) is 9.97 Å². The summed E-state index contributed by atoms with van der Waals surface area (Å²) in [5.74, 6) is 0. The van der Waals surface area contributed by atoms with Crippen molar-refractivity contribution in [3.05, 3.63) is 101 Å². The van der Waals surface area contributed by atoms with Gasteiger partial charge >= 0.3 is 0 Å². The van der Waals surface area contributed by atoms with Crippen molar-refractivity contribution in [3.63, 3.8) is 0 Å². The molecule has 2 N–H and O–H groups in total. The lowest BCUT2D eigenvalue weighted by Crippen LogP contribution is -1.94.